The largest absolute Gasteiger partial charge is 0.478 e. The fourth-order valence-electron chi connectivity index (χ4n) is 2.60. The lowest BCUT2D eigenvalue weighted by Gasteiger charge is -2.13. The number of aromatic carboxylic acids is 1. The monoisotopic (exact) mass is 348 g/mol. The van der Waals surface area contributed by atoms with Crippen LogP contribution in [0.5, 0.6) is 0 Å². The van der Waals surface area contributed by atoms with Gasteiger partial charge in [0, 0.05) is 17.4 Å². The molecule has 3 aromatic rings. The summed E-state index contributed by atoms with van der Waals surface area (Å²) in [5.74, 6) is -0.0133. The van der Waals surface area contributed by atoms with Crippen molar-refractivity contribution >= 4 is 29.1 Å². The fraction of sp³-hybridized carbons (Fsp3) is 0.150. The Morgan fingerprint density at radius 2 is 1.69 bits per heavy atom. The van der Waals surface area contributed by atoms with E-state index in [9.17, 15) is 9.90 Å². The van der Waals surface area contributed by atoms with Gasteiger partial charge in [-0.3, -0.25) is 0 Å². The molecule has 0 spiro atoms. The van der Waals surface area contributed by atoms with Crippen LogP contribution in [0.2, 0.25) is 0 Å². The molecule has 0 saturated carbocycles. The van der Waals surface area contributed by atoms with Crippen molar-refractivity contribution in [2.75, 3.05) is 10.6 Å². The number of hydrogen-bond donors (Lipinski definition) is 3. The fourth-order valence-corrected chi connectivity index (χ4v) is 2.60. The van der Waals surface area contributed by atoms with Gasteiger partial charge >= 0.3 is 5.97 Å². The van der Waals surface area contributed by atoms with E-state index in [4.69, 9.17) is 0 Å². The van der Waals surface area contributed by atoms with Gasteiger partial charge in [0.25, 0.3) is 0 Å². The predicted octanol–water partition coefficient (Wildman–Crippen LogP) is 4.59. The molecule has 0 atom stereocenters. The van der Waals surface area contributed by atoms with Crippen molar-refractivity contribution in [3.63, 3.8) is 0 Å². The van der Waals surface area contributed by atoms with Crippen molar-refractivity contribution in [1.29, 1.82) is 0 Å². The van der Waals surface area contributed by atoms with Crippen molar-refractivity contribution in [3.8, 4) is 0 Å². The highest BCUT2D eigenvalue weighted by Crippen LogP contribution is 2.23. The molecular formula is C20H20N4O2. The van der Waals surface area contributed by atoms with Crippen LogP contribution in [-0.4, -0.2) is 21.0 Å². The zero-order valence-electron chi connectivity index (χ0n) is 14.9. The van der Waals surface area contributed by atoms with E-state index >= 15 is 0 Å². The molecule has 0 fully saturated rings. The standard InChI is InChI=1S/C20H20N4O2/c1-12-8-9-13(2)17(10-12)23-20-21-14(3)11-18(24-20)22-16-7-5-4-6-15(16)19(25)26/h4-11H,1-3H3,(H,25,26)(H2,21,22,23,24). The number of rotatable bonds is 5. The molecule has 6 nitrogen and oxygen atoms in total. The molecule has 132 valence electrons. The van der Waals surface area contributed by atoms with E-state index < -0.39 is 5.97 Å². The normalized spacial score (nSPS) is 10.4. The van der Waals surface area contributed by atoms with Crippen LogP contribution in [0.15, 0.2) is 48.5 Å². The first-order valence-electron chi connectivity index (χ1n) is 8.21. The number of hydrogen-bond acceptors (Lipinski definition) is 5. The highest BCUT2D eigenvalue weighted by molar-refractivity contribution is 5.95. The average molecular weight is 348 g/mol. The van der Waals surface area contributed by atoms with Crippen LogP contribution in [0, 0.1) is 20.8 Å². The molecule has 0 saturated heterocycles. The number of benzene rings is 2. The van der Waals surface area contributed by atoms with Crippen LogP contribution in [0.3, 0.4) is 0 Å². The molecule has 3 rings (SSSR count). The topological polar surface area (TPSA) is 87.1 Å². The molecule has 0 aliphatic carbocycles. The summed E-state index contributed by atoms with van der Waals surface area (Å²) >= 11 is 0. The van der Waals surface area contributed by atoms with Crippen LogP contribution in [-0.2, 0) is 0 Å². The SMILES string of the molecule is Cc1ccc(C)c(Nc2nc(C)cc(Nc3ccccc3C(=O)O)n2)c1. The lowest BCUT2D eigenvalue weighted by Crippen LogP contribution is -2.06. The third-order valence-electron chi connectivity index (χ3n) is 3.91. The number of anilines is 4. The first-order chi connectivity index (χ1) is 12.4. The number of aryl methyl sites for hydroxylation is 3. The Morgan fingerprint density at radius 3 is 2.46 bits per heavy atom. The van der Waals surface area contributed by atoms with Gasteiger partial charge in [-0.05, 0) is 50.1 Å². The number of aromatic nitrogens is 2. The van der Waals surface area contributed by atoms with Crippen LogP contribution in [0.25, 0.3) is 0 Å². The van der Waals surface area contributed by atoms with Gasteiger partial charge in [0.1, 0.15) is 5.82 Å². The molecule has 2 aromatic carbocycles. The summed E-state index contributed by atoms with van der Waals surface area (Å²) in [7, 11) is 0. The molecule has 26 heavy (non-hydrogen) atoms. The molecule has 0 unspecified atom stereocenters. The lowest BCUT2D eigenvalue weighted by atomic mass is 10.1. The Hall–Kier alpha value is -3.41. The number of carboxylic acid groups (broad SMARTS) is 1. The number of para-hydroxylation sites is 1. The molecule has 0 aliphatic heterocycles. The van der Waals surface area contributed by atoms with Gasteiger partial charge in [-0.25, -0.2) is 9.78 Å². The summed E-state index contributed by atoms with van der Waals surface area (Å²) in [5.41, 5.74) is 4.60. The van der Waals surface area contributed by atoms with Crippen LogP contribution in [0.1, 0.15) is 27.2 Å². The van der Waals surface area contributed by atoms with Gasteiger partial charge in [-0.1, -0.05) is 24.3 Å². The number of carbonyl (C=O) groups is 1. The van der Waals surface area contributed by atoms with E-state index in [1.165, 1.54) is 0 Å². The number of carboxylic acids is 1. The molecule has 0 aliphatic rings. The maximum absolute atomic E-state index is 11.4. The highest BCUT2D eigenvalue weighted by atomic mass is 16.4. The minimum Gasteiger partial charge on any atom is -0.478 e. The van der Waals surface area contributed by atoms with Gasteiger partial charge in [-0.2, -0.15) is 4.98 Å². The summed E-state index contributed by atoms with van der Waals surface area (Å²) in [6.45, 7) is 5.90. The third-order valence-corrected chi connectivity index (χ3v) is 3.91. The summed E-state index contributed by atoms with van der Waals surface area (Å²) in [6, 6.07) is 14.6. The molecular weight excluding hydrogens is 328 g/mol. The molecule has 0 bridgehead atoms. The zero-order valence-corrected chi connectivity index (χ0v) is 14.9. The summed E-state index contributed by atoms with van der Waals surface area (Å²) < 4.78 is 0. The van der Waals surface area contributed by atoms with E-state index in [1.807, 2.05) is 39.0 Å². The first-order valence-corrected chi connectivity index (χ1v) is 8.21. The minimum atomic E-state index is -0.993. The molecule has 0 radical (unpaired) electrons. The first kappa shape index (κ1) is 17.4. The van der Waals surface area contributed by atoms with E-state index in [2.05, 4.69) is 20.6 Å². The molecule has 1 aromatic heterocycles. The quantitative estimate of drug-likeness (QED) is 0.625. The van der Waals surface area contributed by atoms with E-state index in [0.717, 1.165) is 22.5 Å². The van der Waals surface area contributed by atoms with Crippen molar-refractivity contribution < 1.29 is 9.90 Å². The maximum Gasteiger partial charge on any atom is 0.337 e. The van der Waals surface area contributed by atoms with Crippen molar-refractivity contribution in [1.82, 2.24) is 9.97 Å². The van der Waals surface area contributed by atoms with Crippen molar-refractivity contribution in [3.05, 3.63) is 70.9 Å². The highest BCUT2D eigenvalue weighted by Gasteiger charge is 2.11. The maximum atomic E-state index is 11.4. The molecule has 0 amide bonds. The Bertz CT molecular complexity index is 970. The van der Waals surface area contributed by atoms with Gasteiger partial charge in [0.05, 0.1) is 11.3 Å². The average Bonchev–Trinajstić information content (AvgIpc) is 2.58. The second-order valence-electron chi connectivity index (χ2n) is 6.14. The molecule has 6 heteroatoms. The Balaban J connectivity index is 1.91. The van der Waals surface area contributed by atoms with Gasteiger partial charge < -0.3 is 15.7 Å². The second-order valence-corrected chi connectivity index (χ2v) is 6.14. The van der Waals surface area contributed by atoms with Crippen LogP contribution < -0.4 is 10.6 Å². The predicted molar refractivity (Wildman–Crippen MR) is 103 cm³/mol. The minimum absolute atomic E-state index is 0.188. The van der Waals surface area contributed by atoms with Crippen LogP contribution in [0.4, 0.5) is 23.1 Å². The third kappa shape index (κ3) is 3.97. The Morgan fingerprint density at radius 1 is 0.923 bits per heavy atom. The number of nitrogens with one attached hydrogen (secondary N) is 2. The zero-order chi connectivity index (χ0) is 18.7. The van der Waals surface area contributed by atoms with Gasteiger partial charge in [0.2, 0.25) is 5.95 Å². The van der Waals surface area contributed by atoms with Crippen LogP contribution >= 0.6 is 0 Å². The van der Waals surface area contributed by atoms with E-state index in [0.29, 0.717) is 17.5 Å². The summed E-state index contributed by atoms with van der Waals surface area (Å²) in [4.78, 5) is 20.3. The molecule has 1 heterocycles. The van der Waals surface area contributed by atoms with Gasteiger partial charge in [0.15, 0.2) is 0 Å². The molecule has 3 N–H and O–H groups in total. The summed E-state index contributed by atoms with van der Waals surface area (Å²) in [6.07, 6.45) is 0. The van der Waals surface area contributed by atoms with Crippen molar-refractivity contribution in [2.45, 2.75) is 20.8 Å². The Kier molecular flexibility index (Phi) is 4.84. The van der Waals surface area contributed by atoms with Gasteiger partial charge in [-0.15, -0.1) is 0 Å². The second kappa shape index (κ2) is 7.23. The smallest absolute Gasteiger partial charge is 0.337 e. The van der Waals surface area contributed by atoms with E-state index in [1.54, 1.807) is 30.3 Å². The lowest BCUT2D eigenvalue weighted by molar-refractivity contribution is 0.0698. The van der Waals surface area contributed by atoms with Crippen molar-refractivity contribution in [2.24, 2.45) is 0 Å². The summed E-state index contributed by atoms with van der Waals surface area (Å²) in [5, 5.41) is 15.6. The Labute approximate surface area is 152 Å². The van der Waals surface area contributed by atoms with E-state index in [-0.39, 0.29) is 5.56 Å². The number of nitrogens with zero attached hydrogens (tertiary/aromatic N) is 2.